The minimum absolute atomic E-state index is 0.0184. The van der Waals surface area contributed by atoms with Gasteiger partial charge in [0.15, 0.2) is 5.60 Å². The lowest BCUT2D eigenvalue weighted by Gasteiger charge is -2.38. The Hall–Kier alpha value is -2.17. The Labute approximate surface area is 193 Å². The number of aryl methyl sites for hydroxylation is 1. The largest absolute Gasteiger partial charge is 0.375 e. The quantitative estimate of drug-likeness (QED) is 0.626. The third kappa shape index (κ3) is 4.77. The minimum atomic E-state index is -1.39. The van der Waals surface area contributed by atoms with E-state index >= 15 is 0 Å². The second-order valence-corrected chi connectivity index (χ2v) is 10.4. The molecule has 1 aliphatic heterocycles. The van der Waals surface area contributed by atoms with Crippen molar-refractivity contribution in [1.29, 1.82) is 0 Å². The van der Waals surface area contributed by atoms with Crippen LogP contribution in [0.15, 0.2) is 60.7 Å². The maximum Gasteiger partial charge on any atom is 0.259 e. The third-order valence-electron chi connectivity index (χ3n) is 7.97. The van der Waals surface area contributed by atoms with Crippen LogP contribution in [0.3, 0.4) is 0 Å². The van der Waals surface area contributed by atoms with Crippen LogP contribution < -0.4 is 0 Å². The van der Waals surface area contributed by atoms with Gasteiger partial charge in [0, 0.05) is 25.3 Å². The molecule has 2 aliphatic rings. The summed E-state index contributed by atoms with van der Waals surface area (Å²) < 4.78 is 0.920. The van der Waals surface area contributed by atoms with Crippen molar-refractivity contribution in [2.75, 3.05) is 33.7 Å². The van der Waals surface area contributed by atoms with Crippen molar-refractivity contribution in [1.82, 2.24) is 4.90 Å². The summed E-state index contributed by atoms with van der Waals surface area (Å²) in [4.78, 5) is 15.7. The Kier molecular flexibility index (Phi) is 7.02. The molecular weight excluding hydrogens is 396 g/mol. The zero-order chi connectivity index (χ0) is 22.6. The Balaban J connectivity index is 1.42. The highest BCUT2D eigenvalue weighted by atomic mass is 16.3. The lowest BCUT2D eigenvalue weighted by Crippen LogP contribution is -2.54. The van der Waals surface area contributed by atoms with Gasteiger partial charge in [0.1, 0.15) is 6.04 Å². The van der Waals surface area contributed by atoms with Crippen molar-refractivity contribution in [3.63, 3.8) is 0 Å². The molecular formula is C28H39N2O2+. The summed E-state index contributed by atoms with van der Waals surface area (Å²) in [5, 5.41) is 11.9. The normalized spacial score (nSPS) is 21.6. The number of likely N-dealkylation sites (N-methyl/N-ethyl adjacent to an activating group) is 1. The summed E-state index contributed by atoms with van der Waals surface area (Å²) in [6, 6.07) is 20.7. The Morgan fingerprint density at radius 1 is 1.00 bits per heavy atom. The molecule has 1 N–H and O–H groups in total. The number of nitrogens with zero attached hydrogens (tertiary/aromatic N) is 2. The number of rotatable bonds is 8. The second kappa shape index (κ2) is 9.76. The van der Waals surface area contributed by atoms with E-state index in [4.69, 9.17) is 0 Å². The molecule has 0 radical (unpaired) electrons. The number of quaternary nitrogens is 1. The first kappa shape index (κ1) is 23.0. The van der Waals surface area contributed by atoms with E-state index in [1.54, 1.807) is 0 Å². The Morgan fingerprint density at radius 3 is 2.28 bits per heavy atom. The second-order valence-electron chi connectivity index (χ2n) is 10.4. The summed E-state index contributed by atoms with van der Waals surface area (Å²) in [5.41, 5.74) is 0.758. The number of carbonyl (C=O) groups excluding carboxylic acids is 1. The van der Waals surface area contributed by atoms with Gasteiger partial charge in [0.25, 0.3) is 5.91 Å². The highest BCUT2D eigenvalue weighted by Gasteiger charge is 2.50. The molecule has 4 rings (SSSR count). The number of benzene rings is 2. The Bertz CT molecular complexity index is 877. The summed E-state index contributed by atoms with van der Waals surface area (Å²) in [6.45, 7) is 2.57. The molecule has 2 atom stereocenters. The van der Waals surface area contributed by atoms with E-state index in [0.717, 1.165) is 74.6 Å². The van der Waals surface area contributed by atoms with Gasteiger partial charge in [-0.05, 0) is 30.4 Å². The monoisotopic (exact) mass is 435 g/mol. The van der Waals surface area contributed by atoms with E-state index in [1.807, 2.05) is 35.2 Å². The van der Waals surface area contributed by atoms with Crippen LogP contribution in [0.4, 0.5) is 0 Å². The molecule has 1 heterocycles. The van der Waals surface area contributed by atoms with E-state index in [0.29, 0.717) is 6.04 Å². The topological polar surface area (TPSA) is 40.5 Å². The van der Waals surface area contributed by atoms with Gasteiger partial charge < -0.3 is 14.5 Å². The molecule has 0 aromatic heterocycles. The van der Waals surface area contributed by atoms with Gasteiger partial charge in [-0.1, -0.05) is 73.5 Å². The molecule has 2 fully saturated rings. The van der Waals surface area contributed by atoms with Gasteiger partial charge in [0.2, 0.25) is 0 Å². The van der Waals surface area contributed by atoms with Gasteiger partial charge in [-0.3, -0.25) is 4.79 Å². The number of hydrogen-bond acceptors (Lipinski definition) is 2. The number of aliphatic hydroxyl groups is 1. The fourth-order valence-electron chi connectivity index (χ4n) is 5.83. The standard InChI is InChI=1S/C28H39N2O2/c1-30(2,21-11-14-23-12-5-3-6-13-23)26-19-20-29(22-26)27(31)28(32,25-17-9-10-18-25)24-15-7-4-8-16-24/h3-8,12-13,15-16,25-26,32H,9-11,14,17-22H2,1-2H3/q+1. The molecule has 172 valence electrons. The first-order chi connectivity index (χ1) is 15.4. The SMILES string of the molecule is C[N+](C)(CCCc1ccccc1)C1CCN(C(=O)C(O)(c2ccccc2)C2CCCC2)C1. The van der Waals surface area contributed by atoms with E-state index in [-0.39, 0.29) is 11.8 Å². The average molecular weight is 436 g/mol. The maximum atomic E-state index is 13.8. The van der Waals surface area contributed by atoms with Crippen molar-refractivity contribution >= 4 is 5.91 Å². The summed E-state index contributed by atoms with van der Waals surface area (Å²) >= 11 is 0. The molecule has 4 heteroatoms. The summed E-state index contributed by atoms with van der Waals surface area (Å²) in [6.07, 6.45) is 7.28. The van der Waals surface area contributed by atoms with Gasteiger partial charge in [0.05, 0.1) is 27.2 Å². The Morgan fingerprint density at radius 2 is 1.62 bits per heavy atom. The number of likely N-dealkylation sites (tertiary alicyclic amines) is 1. The lowest BCUT2D eigenvalue weighted by atomic mass is 9.79. The van der Waals surface area contributed by atoms with E-state index < -0.39 is 5.60 Å². The zero-order valence-electron chi connectivity index (χ0n) is 19.7. The summed E-state index contributed by atoms with van der Waals surface area (Å²) in [5.74, 6) is -0.0628. The number of amides is 1. The van der Waals surface area contributed by atoms with Crippen molar-refractivity contribution in [3.05, 3.63) is 71.8 Å². The molecule has 4 nitrogen and oxygen atoms in total. The van der Waals surface area contributed by atoms with Crippen LogP contribution in [0.25, 0.3) is 0 Å². The molecule has 32 heavy (non-hydrogen) atoms. The van der Waals surface area contributed by atoms with Crippen LogP contribution in [0, 0.1) is 5.92 Å². The molecule has 2 aromatic rings. The predicted molar refractivity (Wildman–Crippen MR) is 129 cm³/mol. The fraction of sp³-hybridized carbons (Fsp3) is 0.536. The first-order valence-corrected chi connectivity index (χ1v) is 12.3. The smallest absolute Gasteiger partial charge is 0.259 e. The summed E-state index contributed by atoms with van der Waals surface area (Å²) in [7, 11) is 4.59. The third-order valence-corrected chi connectivity index (χ3v) is 7.97. The zero-order valence-corrected chi connectivity index (χ0v) is 19.7. The molecule has 0 spiro atoms. The van der Waals surface area contributed by atoms with E-state index in [2.05, 4.69) is 44.4 Å². The number of carbonyl (C=O) groups is 1. The van der Waals surface area contributed by atoms with Crippen molar-refractivity contribution in [2.24, 2.45) is 5.92 Å². The van der Waals surface area contributed by atoms with Gasteiger partial charge in [-0.15, -0.1) is 0 Å². The highest BCUT2D eigenvalue weighted by Crippen LogP contribution is 2.42. The molecule has 2 aromatic carbocycles. The van der Waals surface area contributed by atoms with Crippen LogP contribution in [-0.4, -0.2) is 60.2 Å². The lowest BCUT2D eigenvalue weighted by molar-refractivity contribution is -0.913. The van der Waals surface area contributed by atoms with Gasteiger partial charge in [-0.2, -0.15) is 0 Å². The van der Waals surface area contributed by atoms with Crippen LogP contribution in [0.1, 0.15) is 49.7 Å². The van der Waals surface area contributed by atoms with Crippen molar-refractivity contribution < 1.29 is 14.4 Å². The highest BCUT2D eigenvalue weighted by molar-refractivity contribution is 5.87. The van der Waals surface area contributed by atoms with E-state index in [1.165, 1.54) is 5.56 Å². The van der Waals surface area contributed by atoms with Gasteiger partial charge >= 0.3 is 0 Å². The predicted octanol–water partition coefficient (Wildman–Crippen LogP) is 4.37. The van der Waals surface area contributed by atoms with Gasteiger partial charge in [-0.25, -0.2) is 0 Å². The van der Waals surface area contributed by atoms with Crippen LogP contribution in [-0.2, 0) is 16.8 Å². The minimum Gasteiger partial charge on any atom is -0.375 e. The first-order valence-electron chi connectivity index (χ1n) is 12.3. The molecule has 1 saturated heterocycles. The molecule has 1 saturated carbocycles. The average Bonchev–Trinajstić information content (AvgIpc) is 3.52. The molecule has 1 aliphatic carbocycles. The fourth-order valence-corrected chi connectivity index (χ4v) is 5.83. The molecule has 1 amide bonds. The van der Waals surface area contributed by atoms with Crippen LogP contribution in [0.5, 0.6) is 0 Å². The molecule has 0 bridgehead atoms. The maximum absolute atomic E-state index is 13.8. The number of hydrogen-bond donors (Lipinski definition) is 1. The molecule has 2 unspecified atom stereocenters. The van der Waals surface area contributed by atoms with E-state index in [9.17, 15) is 9.90 Å². The van der Waals surface area contributed by atoms with Crippen LogP contribution in [0.2, 0.25) is 0 Å². The van der Waals surface area contributed by atoms with Crippen LogP contribution >= 0.6 is 0 Å². The van der Waals surface area contributed by atoms with Crippen molar-refractivity contribution in [3.8, 4) is 0 Å². The van der Waals surface area contributed by atoms with Crippen molar-refractivity contribution in [2.45, 2.75) is 56.6 Å².